The van der Waals surface area contributed by atoms with E-state index in [-0.39, 0.29) is 0 Å². The van der Waals surface area contributed by atoms with Gasteiger partial charge in [0, 0.05) is 36.3 Å². The molecule has 0 aliphatic carbocycles. The highest BCUT2D eigenvalue weighted by atomic mass is 16.5. The van der Waals surface area contributed by atoms with Crippen LogP contribution in [0.3, 0.4) is 0 Å². The van der Waals surface area contributed by atoms with E-state index in [1.54, 1.807) is 0 Å². The number of nitrogens with zero attached hydrogens (tertiary/aromatic N) is 2. The van der Waals surface area contributed by atoms with Crippen LogP contribution in [-0.2, 0) is 13.1 Å². The number of aromatic nitrogens is 4. The lowest BCUT2D eigenvalue weighted by Crippen LogP contribution is -1.95. The quantitative estimate of drug-likeness (QED) is 0.157. The molecule has 0 bridgehead atoms. The summed E-state index contributed by atoms with van der Waals surface area (Å²) in [6, 6.07) is 35.4. The molecule has 8 heteroatoms. The summed E-state index contributed by atoms with van der Waals surface area (Å²) in [6.45, 7) is 1.01. The number of hydrogen-bond donors (Lipinski definition) is 4. The Labute approximate surface area is 242 Å². The van der Waals surface area contributed by atoms with Crippen molar-refractivity contribution in [1.82, 2.24) is 19.9 Å². The molecule has 8 nitrogen and oxygen atoms in total. The first-order chi connectivity index (χ1) is 20.6. The molecule has 0 aliphatic rings. The molecule has 0 saturated heterocycles. The van der Waals surface area contributed by atoms with Gasteiger partial charge in [0.25, 0.3) is 0 Å². The predicted molar refractivity (Wildman–Crippen MR) is 165 cm³/mol. The molecule has 2 aromatic heterocycles. The molecular weight excluding hydrogens is 524 g/mol. The topological polar surface area (TPSA) is 128 Å². The summed E-state index contributed by atoms with van der Waals surface area (Å²) in [5.74, 6) is 4.55. The number of ether oxygens (including phenoxy) is 2. The maximum absolute atomic E-state index is 6.03. The predicted octanol–water partition coefficient (Wildman–Crippen LogP) is 7.28. The standard InChI is InChI=1S/C34H28N6O2/c35-19-21-1-9-25(10-2-21)41-27-13-15-29-31(17-27)39-33(37-29)23-5-7-24(8-6-23)34-38-30-16-14-28(18-32(30)40-34)42-26-11-3-22(20-36)4-12-26/h1-18H,19-20,35-36H2,(H,37,39)(H,38,40). The highest BCUT2D eigenvalue weighted by molar-refractivity contribution is 5.83. The van der Waals surface area contributed by atoms with Gasteiger partial charge in [0.05, 0.1) is 22.1 Å². The van der Waals surface area contributed by atoms with E-state index in [1.807, 2.05) is 109 Å². The average molecular weight is 553 g/mol. The fraction of sp³-hybridized carbons (Fsp3) is 0.0588. The highest BCUT2D eigenvalue weighted by Gasteiger charge is 2.11. The second-order valence-corrected chi connectivity index (χ2v) is 10.0. The fourth-order valence-electron chi connectivity index (χ4n) is 4.82. The number of aromatic amines is 2. The van der Waals surface area contributed by atoms with Crippen LogP contribution in [0.15, 0.2) is 109 Å². The van der Waals surface area contributed by atoms with Crippen molar-refractivity contribution in [2.45, 2.75) is 13.1 Å². The molecule has 0 saturated carbocycles. The maximum atomic E-state index is 6.03. The number of nitrogens with two attached hydrogens (primary N) is 2. The molecule has 42 heavy (non-hydrogen) atoms. The third-order valence-corrected chi connectivity index (χ3v) is 7.13. The number of benzene rings is 5. The lowest BCUT2D eigenvalue weighted by Gasteiger charge is -2.06. The van der Waals surface area contributed by atoms with Gasteiger partial charge in [-0.2, -0.15) is 0 Å². The Bertz CT molecular complexity index is 1850. The van der Waals surface area contributed by atoms with Crippen molar-refractivity contribution >= 4 is 22.1 Å². The Balaban J connectivity index is 1.08. The Morgan fingerprint density at radius 1 is 0.476 bits per heavy atom. The van der Waals surface area contributed by atoms with Gasteiger partial charge in [-0.15, -0.1) is 0 Å². The zero-order valence-electron chi connectivity index (χ0n) is 22.7. The third kappa shape index (κ3) is 5.19. The number of H-pyrrole nitrogens is 2. The summed E-state index contributed by atoms with van der Waals surface area (Å²) in [6.07, 6.45) is 0. The minimum atomic E-state index is 0.505. The second-order valence-electron chi connectivity index (χ2n) is 10.0. The number of rotatable bonds is 8. The van der Waals surface area contributed by atoms with E-state index >= 15 is 0 Å². The molecule has 7 rings (SSSR count). The summed E-state index contributed by atoms with van der Waals surface area (Å²) in [5, 5.41) is 0. The molecule has 5 aromatic carbocycles. The van der Waals surface area contributed by atoms with Crippen molar-refractivity contribution in [3.05, 3.63) is 120 Å². The first kappa shape index (κ1) is 25.5. The van der Waals surface area contributed by atoms with Crippen LogP contribution in [0.2, 0.25) is 0 Å². The lowest BCUT2D eigenvalue weighted by molar-refractivity contribution is 0.483. The van der Waals surface area contributed by atoms with E-state index in [1.165, 1.54) is 0 Å². The van der Waals surface area contributed by atoms with Crippen LogP contribution >= 0.6 is 0 Å². The SMILES string of the molecule is NCc1ccc(Oc2ccc3nc(-c4ccc(-c5nc6ccc(Oc7ccc(CN)cc7)cc6[nH]5)cc4)[nH]c3c2)cc1. The molecular formula is C34H28N6O2. The highest BCUT2D eigenvalue weighted by Crippen LogP contribution is 2.30. The molecule has 0 amide bonds. The van der Waals surface area contributed by atoms with Crippen molar-refractivity contribution in [3.63, 3.8) is 0 Å². The Hall–Kier alpha value is -5.44. The first-order valence-electron chi connectivity index (χ1n) is 13.7. The third-order valence-electron chi connectivity index (χ3n) is 7.13. The van der Waals surface area contributed by atoms with Crippen molar-refractivity contribution in [2.75, 3.05) is 0 Å². The molecule has 206 valence electrons. The number of hydrogen-bond acceptors (Lipinski definition) is 6. The zero-order valence-corrected chi connectivity index (χ0v) is 22.7. The van der Waals surface area contributed by atoms with Gasteiger partial charge < -0.3 is 30.9 Å². The normalized spacial score (nSPS) is 11.3. The van der Waals surface area contributed by atoms with Gasteiger partial charge in [-0.3, -0.25) is 0 Å². The number of fused-ring (bicyclic) bond motifs is 2. The van der Waals surface area contributed by atoms with E-state index in [2.05, 4.69) is 9.97 Å². The Kier molecular flexibility index (Phi) is 6.59. The van der Waals surface area contributed by atoms with Crippen molar-refractivity contribution in [1.29, 1.82) is 0 Å². The minimum absolute atomic E-state index is 0.505. The monoisotopic (exact) mass is 552 g/mol. The van der Waals surface area contributed by atoms with Gasteiger partial charge in [-0.1, -0.05) is 48.5 Å². The van der Waals surface area contributed by atoms with Crippen molar-refractivity contribution < 1.29 is 9.47 Å². The Morgan fingerprint density at radius 3 is 1.24 bits per heavy atom. The molecule has 6 N–H and O–H groups in total. The summed E-state index contributed by atoms with van der Waals surface area (Å²) < 4.78 is 12.1. The lowest BCUT2D eigenvalue weighted by atomic mass is 10.1. The van der Waals surface area contributed by atoms with Crippen LogP contribution in [0.25, 0.3) is 44.8 Å². The van der Waals surface area contributed by atoms with E-state index in [0.717, 1.165) is 79.0 Å². The molecule has 0 fully saturated rings. The van der Waals surface area contributed by atoms with E-state index in [9.17, 15) is 0 Å². The van der Waals surface area contributed by atoms with Crippen LogP contribution in [0.5, 0.6) is 23.0 Å². The van der Waals surface area contributed by atoms with Gasteiger partial charge in [0.15, 0.2) is 0 Å². The molecule has 0 atom stereocenters. The number of imidazole rings is 2. The molecule has 2 heterocycles. The van der Waals surface area contributed by atoms with Gasteiger partial charge in [-0.25, -0.2) is 9.97 Å². The zero-order chi connectivity index (χ0) is 28.5. The van der Waals surface area contributed by atoms with E-state index < -0.39 is 0 Å². The second kappa shape index (κ2) is 10.9. The van der Waals surface area contributed by atoms with Crippen LogP contribution in [0, 0.1) is 0 Å². The Morgan fingerprint density at radius 2 is 0.857 bits per heavy atom. The number of nitrogens with one attached hydrogen (secondary N) is 2. The van der Waals surface area contributed by atoms with Crippen LogP contribution in [-0.4, -0.2) is 19.9 Å². The van der Waals surface area contributed by atoms with Gasteiger partial charge in [0.1, 0.15) is 34.6 Å². The molecule has 7 aromatic rings. The van der Waals surface area contributed by atoms with Crippen molar-refractivity contribution in [2.24, 2.45) is 11.5 Å². The van der Waals surface area contributed by atoms with E-state index in [0.29, 0.717) is 13.1 Å². The molecule has 0 unspecified atom stereocenters. The minimum Gasteiger partial charge on any atom is -0.457 e. The smallest absolute Gasteiger partial charge is 0.138 e. The van der Waals surface area contributed by atoms with E-state index in [4.69, 9.17) is 30.9 Å². The summed E-state index contributed by atoms with van der Waals surface area (Å²) in [5.41, 5.74) is 19.0. The fourth-order valence-corrected chi connectivity index (χ4v) is 4.82. The first-order valence-corrected chi connectivity index (χ1v) is 13.7. The maximum Gasteiger partial charge on any atom is 0.138 e. The van der Waals surface area contributed by atoms with Crippen molar-refractivity contribution in [3.8, 4) is 45.8 Å². The molecule has 0 spiro atoms. The average Bonchev–Trinajstić information content (AvgIpc) is 3.66. The van der Waals surface area contributed by atoms with Gasteiger partial charge in [0.2, 0.25) is 0 Å². The van der Waals surface area contributed by atoms with Gasteiger partial charge >= 0.3 is 0 Å². The van der Waals surface area contributed by atoms with Crippen LogP contribution in [0.1, 0.15) is 11.1 Å². The van der Waals surface area contributed by atoms with Gasteiger partial charge in [-0.05, 0) is 59.7 Å². The van der Waals surface area contributed by atoms with Crippen LogP contribution in [0.4, 0.5) is 0 Å². The van der Waals surface area contributed by atoms with Crippen LogP contribution < -0.4 is 20.9 Å². The summed E-state index contributed by atoms with van der Waals surface area (Å²) >= 11 is 0. The summed E-state index contributed by atoms with van der Waals surface area (Å²) in [4.78, 5) is 16.4. The largest absolute Gasteiger partial charge is 0.457 e. The molecule has 0 radical (unpaired) electrons. The molecule has 0 aliphatic heterocycles. The summed E-state index contributed by atoms with van der Waals surface area (Å²) in [7, 11) is 0.